The molecule has 10 heteroatoms. The van der Waals surface area contributed by atoms with Gasteiger partial charge in [0.05, 0.1) is 28.6 Å². The molecule has 174 valence electrons. The van der Waals surface area contributed by atoms with Crippen molar-refractivity contribution in [1.82, 2.24) is 9.29 Å². The van der Waals surface area contributed by atoms with Gasteiger partial charge in [0.15, 0.2) is 5.13 Å². The lowest BCUT2D eigenvalue weighted by atomic mass is 10.2. The molecule has 0 radical (unpaired) electrons. The molecular formula is C23H24ClN3O4S2. The van der Waals surface area contributed by atoms with E-state index in [-0.39, 0.29) is 40.8 Å². The Morgan fingerprint density at radius 2 is 1.82 bits per heavy atom. The van der Waals surface area contributed by atoms with Gasteiger partial charge in [0.2, 0.25) is 10.0 Å². The molecule has 2 aromatic carbocycles. The Bertz CT molecular complexity index is 1250. The molecule has 0 bridgehead atoms. The van der Waals surface area contributed by atoms with Crippen LogP contribution >= 0.6 is 22.9 Å². The zero-order chi connectivity index (χ0) is 23.8. The van der Waals surface area contributed by atoms with Gasteiger partial charge in [-0.1, -0.05) is 29.8 Å². The smallest absolute Gasteiger partial charge is 0.264 e. The number of morpholine rings is 1. The minimum absolute atomic E-state index is 0.0645. The molecule has 2 atom stereocenters. The zero-order valence-corrected chi connectivity index (χ0v) is 20.8. The van der Waals surface area contributed by atoms with Crippen molar-refractivity contribution in [3.05, 3.63) is 70.2 Å². The minimum atomic E-state index is -3.93. The highest BCUT2D eigenvalue weighted by atomic mass is 35.5. The molecule has 1 aliphatic rings. The summed E-state index contributed by atoms with van der Waals surface area (Å²) in [6.07, 6.45) is -0.484. The van der Waals surface area contributed by atoms with Crippen molar-refractivity contribution >= 4 is 49.7 Å². The fraction of sp³-hybridized carbons (Fsp3) is 0.304. The second-order valence-corrected chi connectivity index (χ2v) is 11.1. The third kappa shape index (κ3) is 4.97. The molecule has 0 spiro atoms. The molecule has 1 aliphatic heterocycles. The fourth-order valence-electron chi connectivity index (χ4n) is 3.77. The molecule has 33 heavy (non-hydrogen) atoms. The Morgan fingerprint density at radius 1 is 1.15 bits per heavy atom. The van der Waals surface area contributed by atoms with Crippen molar-refractivity contribution in [1.29, 1.82) is 0 Å². The van der Waals surface area contributed by atoms with Crippen LogP contribution in [0.3, 0.4) is 0 Å². The van der Waals surface area contributed by atoms with Gasteiger partial charge in [-0.15, -0.1) is 11.3 Å². The van der Waals surface area contributed by atoms with Gasteiger partial charge < -0.3 is 4.74 Å². The standard InChI is InChI=1S/C23H24ClN3O4S2/c1-15-14-32-23(25-15)27(19-7-5-4-6-8-19)22(28)18-9-10-20(24)21(11-18)33(29,30)26-12-16(2)31-17(3)13-26/h4-11,14,16-17H,12-13H2,1-3H3/t16-,17-/m0/s1. The number of carbonyl (C=O) groups is 1. The Labute approximate surface area is 202 Å². The largest absolute Gasteiger partial charge is 0.373 e. The van der Waals surface area contributed by atoms with Crippen LogP contribution in [0.15, 0.2) is 58.8 Å². The van der Waals surface area contributed by atoms with E-state index in [1.165, 1.54) is 38.7 Å². The molecular weight excluding hydrogens is 482 g/mol. The van der Waals surface area contributed by atoms with Crippen LogP contribution < -0.4 is 4.90 Å². The normalized spacial score (nSPS) is 19.4. The lowest BCUT2D eigenvalue weighted by Gasteiger charge is -2.34. The molecule has 0 saturated carbocycles. The summed E-state index contributed by atoms with van der Waals surface area (Å²) in [6.45, 7) is 5.94. The number of thiazole rings is 1. The van der Waals surface area contributed by atoms with E-state index >= 15 is 0 Å². The molecule has 4 rings (SSSR count). The first-order valence-electron chi connectivity index (χ1n) is 10.4. The first kappa shape index (κ1) is 23.8. The number of hydrogen-bond donors (Lipinski definition) is 0. The van der Waals surface area contributed by atoms with Gasteiger partial charge in [-0.25, -0.2) is 13.4 Å². The summed E-state index contributed by atoms with van der Waals surface area (Å²) < 4.78 is 33.9. The average molecular weight is 506 g/mol. The molecule has 1 aromatic heterocycles. The number of para-hydroxylation sites is 1. The second kappa shape index (κ2) is 9.52. The van der Waals surface area contributed by atoms with E-state index < -0.39 is 15.9 Å². The molecule has 2 heterocycles. The number of hydrogen-bond acceptors (Lipinski definition) is 6. The summed E-state index contributed by atoms with van der Waals surface area (Å²) in [4.78, 5) is 19.5. The van der Waals surface area contributed by atoms with E-state index in [1.807, 2.05) is 44.4 Å². The minimum Gasteiger partial charge on any atom is -0.373 e. The van der Waals surface area contributed by atoms with Crippen LogP contribution in [0.5, 0.6) is 0 Å². The number of ether oxygens (including phenoxy) is 1. The van der Waals surface area contributed by atoms with Gasteiger partial charge >= 0.3 is 0 Å². The summed E-state index contributed by atoms with van der Waals surface area (Å²) >= 11 is 7.66. The fourth-order valence-corrected chi connectivity index (χ4v) is 6.68. The summed E-state index contributed by atoms with van der Waals surface area (Å²) in [5.41, 5.74) is 1.62. The number of carbonyl (C=O) groups excluding carboxylic acids is 1. The highest BCUT2D eigenvalue weighted by Gasteiger charge is 2.34. The lowest BCUT2D eigenvalue weighted by Crippen LogP contribution is -2.48. The van der Waals surface area contributed by atoms with Crippen molar-refractivity contribution in [3.63, 3.8) is 0 Å². The van der Waals surface area contributed by atoms with Gasteiger partial charge in [0.1, 0.15) is 4.90 Å². The van der Waals surface area contributed by atoms with Gasteiger partial charge in [-0.05, 0) is 51.1 Å². The maximum atomic E-state index is 13.6. The molecule has 3 aromatic rings. The Morgan fingerprint density at radius 3 is 2.42 bits per heavy atom. The number of aryl methyl sites for hydroxylation is 1. The van der Waals surface area contributed by atoms with Crippen molar-refractivity contribution in [3.8, 4) is 0 Å². The monoisotopic (exact) mass is 505 g/mol. The molecule has 1 amide bonds. The topological polar surface area (TPSA) is 79.8 Å². The van der Waals surface area contributed by atoms with Crippen molar-refractivity contribution < 1.29 is 17.9 Å². The third-order valence-electron chi connectivity index (χ3n) is 5.20. The van der Waals surface area contributed by atoms with Crippen molar-refractivity contribution in [2.24, 2.45) is 0 Å². The zero-order valence-electron chi connectivity index (χ0n) is 18.4. The molecule has 7 nitrogen and oxygen atoms in total. The summed E-state index contributed by atoms with van der Waals surface area (Å²) in [7, 11) is -3.93. The number of aromatic nitrogens is 1. The highest BCUT2D eigenvalue weighted by molar-refractivity contribution is 7.89. The van der Waals surface area contributed by atoms with Gasteiger partial charge in [0.25, 0.3) is 5.91 Å². The predicted octanol–water partition coefficient (Wildman–Crippen LogP) is 4.88. The maximum Gasteiger partial charge on any atom is 0.264 e. The maximum absolute atomic E-state index is 13.6. The quantitative estimate of drug-likeness (QED) is 0.493. The van der Waals surface area contributed by atoms with Crippen LogP contribution in [0.2, 0.25) is 5.02 Å². The Kier molecular flexibility index (Phi) is 6.88. The van der Waals surface area contributed by atoms with Gasteiger partial charge in [-0.3, -0.25) is 9.69 Å². The number of nitrogens with zero attached hydrogens (tertiary/aromatic N) is 3. The van der Waals surface area contributed by atoms with Crippen LogP contribution in [0, 0.1) is 6.92 Å². The van der Waals surface area contributed by atoms with Crippen LogP contribution in [-0.4, -0.2) is 48.9 Å². The Hall–Kier alpha value is -2.30. The average Bonchev–Trinajstić information content (AvgIpc) is 3.19. The van der Waals surface area contributed by atoms with E-state index in [9.17, 15) is 13.2 Å². The summed E-state index contributed by atoms with van der Waals surface area (Å²) in [5.74, 6) is -0.396. The number of amides is 1. The molecule has 0 N–H and O–H groups in total. The molecule has 1 fully saturated rings. The highest BCUT2D eigenvalue weighted by Crippen LogP contribution is 2.33. The van der Waals surface area contributed by atoms with Gasteiger partial charge in [0, 0.05) is 24.0 Å². The van der Waals surface area contributed by atoms with Crippen LogP contribution in [0.4, 0.5) is 10.8 Å². The van der Waals surface area contributed by atoms with E-state index in [0.717, 1.165) is 5.69 Å². The summed E-state index contributed by atoms with van der Waals surface area (Å²) in [6, 6.07) is 13.5. The second-order valence-electron chi connectivity index (χ2n) is 7.97. The predicted molar refractivity (Wildman–Crippen MR) is 130 cm³/mol. The van der Waals surface area contributed by atoms with Crippen LogP contribution in [0.25, 0.3) is 0 Å². The van der Waals surface area contributed by atoms with Crippen molar-refractivity contribution in [2.75, 3.05) is 18.0 Å². The Balaban J connectivity index is 1.75. The molecule has 0 aliphatic carbocycles. The van der Waals surface area contributed by atoms with E-state index in [2.05, 4.69) is 4.98 Å². The molecule has 1 saturated heterocycles. The number of sulfonamides is 1. The van der Waals surface area contributed by atoms with Crippen molar-refractivity contribution in [2.45, 2.75) is 37.9 Å². The van der Waals surface area contributed by atoms with E-state index in [4.69, 9.17) is 16.3 Å². The molecule has 0 unspecified atom stereocenters. The van der Waals surface area contributed by atoms with Crippen LogP contribution in [0.1, 0.15) is 29.9 Å². The van der Waals surface area contributed by atoms with E-state index in [1.54, 1.807) is 12.1 Å². The number of halogens is 1. The number of benzene rings is 2. The first-order chi connectivity index (χ1) is 15.7. The van der Waals surface area contributed by atoms with Crippen LogP contribution in [-0.2, 0) is 14.8 Å². The third-order valence-corrected chi connectivity index (χ3v) is 8.45. The SMILES string of the molecule is Cc1csc(N(C(=O)c2ccc(Cl)c(S(=O)(=O)N3C[C@H](C)O[C@@H](C)C3)c2)c2ccccc2)n1. The lowest BCUT2D eigenvalue weighted by molar-refractivity contribution is -0.0440. The first-order valence-corrected chi connectivity index (χ1v) is 13.1. The van der Waals surface area contributed by atoms with E-state index in [0.29, 0.717) is 10.8 Å². The van der Waals surface area contributed by atoms with Gasteiger partial charge in [-0.2, -0.15) is 4.31 Å². The summed E-state index contributed by atoms with van der Waals surface area (Å²) in [5, 5.41) is 2.42. The number of anilines is 2. The number of rotatable bonds is 5.